The van der Waals surface area contributed by atoms with Gasteiger partial charge in [0.1, 0.15) is 0 Å². The van der Waals surface area contributed by atoms with Crippen LogP contribution in [0.4, 0.5) is 0 Å². The molecule has 0 N–H and O–H groups in total. The van der Waals surface area contributed by atoms with Gasteiger partial charge in [-0.25, -0.2) is 15.0 Å². The highest BCUT2D eigenvalue weighted by atomic mass is 15.0. The Hall–Kier alpha value is -7.69. The largest absolute Gasteiger partial charge is 0.309 e. The van der Waals surface area contributed by atoms with Gasteiger partial charge in [0.25, 0.3) is 0 Å². The minimum Gasteiger partial charge on any atom is -0.309 e. The van der Waals surface area contributed by atoms with Gasteiger partial charge in [0.2, 0.25) is 0 Å². The zero-order valence-corrected chi connectivity index (χ0v) is 30.9. The summed E-state index contributed by atoms with van der Waals surface area (Å²) in [7, 11) is 0. The van der Waals surface area contributed by atoms with Crippen LogP contribution >= 0.6 is 0 Å². The van der Waals surface area contributed by atoms with E-state index in [-0.39, 0.29) is 0 Å². The molecule has 11 aromatic rings. The predicted octanol–water partition coefficient (Wildman–Crippen LogP) is 13.6. The van der Waals surface area contributed by atoms with Crippen molar-refractivity contribution in [2.45, 2.75) is 0 Å². The molecule has 0 amide bonds. The van der Waals surface area contributed by atoms with E-state index in [1.807, 2.05) is 60.7 Å². The maximum atomic E-state index is 5.13. The lowest BCUT2D eigenvalue weighted by Crippen LogP contribution is -2.01. The van der Waals surface area contributed by atoms with Gasteiger partial charge in [0.15, 0.2) is 17.5 Å². The maximum Gasteiger partial charge on any atom is 0.164 e. The summed E-state index contributed by atoms with van der Waals surface area (Å²) in [5.41, 5.74) is 11.0. The van der Waals surface area contributed by atoms with Crippen LogP contribution in [0.3, 0.4) is 0 Å². The predicted molar refractivity (Wildman–Crippen MR) is 236 cm³/mol. The van der Waals surface area contributed by atoms with Crippen LogP contribution in [0.5, 0.6) is 0 Å². The van der Waals surface area contributed by atoms with Gasteiger partial charge in [0, 0.05) is 32.8 Å². The molecule has 0 aliphatic carbocycles. The second kappa shape index (κ2) is 13.6. The minimum atomic E-state index is 0.636. The molecule has 0 fully saturated rings. The van der Waals surface area contributed by atoms with Gasteiger partial charge in [-0.3, -0.25) is 0 Å². The lowest BCUT2D eigenvalue weighted by molar-refractivity contribution is 1.08. The summed E-state index contributed by atoms with van der Waals surface area (Å²) in [4.78, 5) is 15.2. The monoisotopic (exact) mass is 726 g/mol. The van der Waals surface area contributed by atoms with Gasteiger partial charge in [-0.15, -0.1) is 0 Å². The highest BCUT2D eigenvalue weighted by Crippen LogP contribution is 2.41. The quantitative estimate of drug-likeness (QED) is 0.171. The fourth-order valence-electron chi connectivity index (χ4n) is 8.34. The Kier molecular flexibility index (Phi) is 7.78. The van der Waals surface area contributed by atoms with Crippen LogP contribution < -0.4 is 0 Å². The first-order valence-electron chi connectivity index (χ1n) is 19.3. The van der Waals surface area contributed by atoms with E-state index in [1.54, 1.807) is 0 Å². The smallest absolute Gasteiger partial charge is 0.164 e. The molecule has 0 unspecified atom stereocenters. The van der Waals surface area contributed by atoms with Gasteiger partial charge in [0.05, 0.1) is 16.7 Å². The lowest BCUT2D eigenvalue weighted by atomic mass is 9.97. The number of fused-ring (bicyclic) bond motifs is 5. The number of hydrogen-bond donors (Lipinski definition) is 0. The van der Waals surface area contributed by atoms with Crippen LogP contribution in [0, 0.1) is 0 Å². The number of benzene rings is 9. The molecule has 0 saturated heterocycles. The minimum absolute atomic E-state index is 0.636. The Labute approximate surface area is 330 Å². The van der Waals surface area contributed by atoms with Crippen molar-refractivity contribution in [2.75, 3.05) is 0 Å². The van der Waals surface area contributed by atoms with Crippen molar-refractivity contribution >= 4 is 43.4 Å². The maximum absolute atomic E-state index is 5.13. The molecule has 2 aromatic heterocycles. The van der Waals surface area contributed by atoms with Gasteiger partial charge in [-0.05, 0) is 62.7 Å². The molecule has 57 heavy (non-hydrogen) atoms. The number of nitrogens with zero attached hydrogens (tertiary/aromatic N) is 4. The number of hydrogen-bond acceptors (Lipinski definition) is 3. The summed E-state index contributed by atoms with van der Waals surface area (Å²) >= 11 is 0. The molecule has 0 saturated carbocycles. The van der Waals surface area contributed by atoms with Crippen molar-refractivity contribution in [3.63, 3.8) is 0 Å². The third kappa shape index (κ3) is 5.66. The molecule has 266 valence electrons. The number of aromatic nitrogens is 4. The topological polar surface area (TPSA) is 43.6 Å². The summed E-state index contributed by atoms with van der Waals surface area (Å²) in [6.07, 6.45) is 0. The molecule has 2 heterocycles. The van der Waals surface area contributed by atoms with Crippen LogP contribution in [-0.4, -0.2) is 19.5 Å². The van der Waals surface area contributed by atoms with E-state index in [4.69, 9.17) is 15.0 Å². The number of rotatable bonds is 6. The molecular weight excluding hydrogens is 693 g/mol. The molecular formula is C53H34N4. The first-order chi connectivity index (χ1) is 28.3. The normalized spacial score (nSPS) is 11.5. The van der Waals surface area contributed by atoms with Gasteiger partial charge in [-0.1, -0.05) is 182 Å². The lowest BCUT2D eigenvalue weighted by Gasteiger charge is -2.16. The average Bonchev–Trinajstić information content (AvgIpc) is 3.62. The van der Waals surface area contributed by atoms with Crippen molar-refractivity contribution in [1.29, 1.82) is 0 Å². The van der Waals surface area contributed by atoms with Crippen molar-refractivity contribution < 1.29 is 0 Å². The standard InChI is InChI=1S/C53H34N4/c1-4-15-35(16-5-1)39-27-29-45-46-30-28-40(42-26-14-22-36-17-10-11-23-41(36)42)34-50(46)57(49(45)33-39)48-32-31-47(43-24-12-13-25-44(43)48)53-55-51(37-18-6-2-7-19-37)54-52(56-53)38-20-8-3-9-21-38/h1-34H. The van der Waals surface area contributed by atoms with Crippen molar-refractivity contribution in [3.8, 4) is 62.1 Å². The summed E-state index contributed by atoms with van der Waals surface area (Å²) in [6.45, 7) is 0. The van der Waals surface area contributed by atoms with Gasteiger partial charge in [-0.2, -0.15) is 0 Å². The summed E-state index contributed by atoms with van der Waals surface area (Å²) in [5, 5.41) is 7.06. The summed E-state index contributed by atoms with van der Waals surface area (Å²) in [6, 6.07) is 73.0. The molecule has 11 rings (SSSR count). The zero-order valence-electron chi connectivity index (χ0n) is 30.9. The van der Waals surface area contributed by atoms with Gasteiger partial charge >= 0.3 is 0 Å². The highest BCUT2D eigenvalue weighted by molar-refractivity contribution is 6.13. The molecule has 0 radical (unpaired) electrons. The molecule has 4 heteroatoms. The molecule has 0 aliphatic rings. The SMILES string of the molecule is c1ccc(-c2ccc3c4ccc(-c5cccc6ccccc56)cc4n(-c4ccc(-c5nc(-c6ccccc6)nc(-c6ccccc6)n5)c5ccccc45)c3c2)cc1. The van der Waals surface area contributed by atoms with Crippen LogP contribution in [0.15, 0.2) is 206 Å². The highest BCUT2D eigenvalue weighted by Gasteiger charge is 2.20. The summed E-state index contributed by atoms with van der Waals surface area (Å²) in [5.74, 6) is 1.92. The Morgan fingerprint density at radius 3 is 1.46 bits per heavy atom. The van der Waals surface area contributed by atoms with Crippen molar-refractivity contribution in [2.24, 2.45) is 0 Å². The molecule has 0 atom stereocenters. The first-order valence-corrected chi connectivity index (χ1v) is 19.3. The van der Waals surface area contributed by atoms with E-state index in [9.17, 15) is 0 Å². The molecule has 0 bridgehead atoms. The fourth-order valence-corrected chi connectivity index (χ4v) is 8.34. The third-order valence-corrected chi connectivity index (χ3v) is 11.1. The second-order valence-corrected chi connectivity index (χ2v) is 14.4. The molecule has 0 spiro atoms. The Bertz CT molecular complexity index is 3220. The van der Waals surface area contributed by atoms with E-state index >= 15 is 0 Å². The van der Waals surface area contributed by atoms with E-state index < -0.39 is 0 Å². The Morgan fingerprint density at radius 2 is 0.789 bits per heavy atom. The van der Waals surface area contributed by atoms with Crippen LogP contribution in [0.2, 0.25) is 0 Å². The zero-order chi connectivity index (χ0) is 37.7. The van der Waals surface area contributed by atoms with Crippen molar-refractivity contribution in [1.82, 2.24) is 19.5 Å². The molecule has 9 aromatic carbocycles. The second-order valence-electron chi connectivity index (χ2n) is 14.4. The Morgan fingerprint density at radius 1 is 0.281 bits per heavy atom. The van der Waals surface area contributed by atoms with Crippen LogP contribution in [-0.2, 0) is 0 Å². The summed E-state index contributed by atoms with van der Waals surface area (Å²) < 4.78 is 2.45. The fraction of sp³-hybridized carbons (Fsp3) is 0. The first kappa shape index (κ1) is 32.7. The van der Waals surface area contributed by atoms with Crippen molar-refractivity contribution in [3.05, 3.63) is 206 Å². The molecule has 0 aliphatic heterocycles. The molecule has 4 nitrogen and oxygen atoms in total. The van der Waals surface area contributed by atoms with E-state index in [2.05, 4.69) is 150 Å². The van der Waals surface area contributed by atoms with Crippen LogP contribution in [0.1, 0.15) is 0 Å². The third-order valence-electron chi connectivity index (χ3n) is 11.1. The Balaban J connectivity index is 1.18. The van der Waals surface area contributed by atoms with E-state index in [1.165, 1.54) is 43.8 Å². The average molecular weight is 727 g/mol. The van der Waals surface area contributed by atoms with Crippen LogP contribution in [0.25, 0.3) is 105 Å². The van der Waals surface area contributed by atoms with E-state index in [0.717, 1.165) is 44.2 Å². The van der Waals surface area contributed by atoms with Gasteiger partial charge < -0.3 is 4.57 Å². The van der Waals surface area contributed by atoms with E-state index in [0.29, 0.717) is 17.5 Å².